The molecule has 0 radical (unpaired) electrons. The maximum absolute atomic E-state index is 12.2. The molecule has 0 aromatic rings. The van der Waals surface area contributed by atoms with Crippen molar-refractivity contribution in [2.75, 3.05) is 12.4 Å². The van der Waals surface area contributed by atoms with Gasteiger partial charge in [-0.2, -0.15) is 0 Å². The Morgan fingerprint density at radius 1 is 1.38 bits per heavy atom. The normalized spacial score (nSPS) is 17.0. The van der Waals surface area contributed by atoms with Crippen LogP contribution in [-0.4, -0.2) is 29.3 Å². The van der Waals surface area contributed by atoms with E-state index in [2.05, 4.69) is 25.7 Å². The minimum atomic E-state index is 0.0834. The van der Waals surface area contributed by atoms with Gasteiger partial charge in [0.05, 0.1) is 0 Å². The monoisotopic (exact) mass is 245 g/mol. The van der Waals surface area contributed by atoms with E-state index in [1.165, 1.54) is 19.3 Å². The fourth-order valence-corrected chi connectivity index (χ4v) is 2.11. The highest BCUT2D eigenvalue weighted by atomic mass is 35.5. The molecule has 94 valence electrons. The van der Waals surface area contributed by atoms with Gasteiger partial charge in [0, 0.05) is 24.9 Å². The van der Waals surface area contributed by atoms with Crippen molar-refractivity contribution in [3.8, 4) is 0 Å². The zero-order valence-corrected chi connectivity index (χ0v) is 11.5. The predicted octanol–water partition coefficient (Wildman–Crippen LogP) is 3.43. The van der Waals surface area contributed by atoms with Gasteiger partial charge < -0.3 is 4.90 Å². The predicted molar refractivity (Wildman–Crippen MR) is 68.8 cm³/mol. The number of halogens is 1. The Hall–Kier alpha value is -0.240. The first kappa shape index (κ1) is 13.8. The van der Waals surface area contributed by atoms with Gasteiger partial charge in [-0.05, 0) is 31.1 Å². The summed E-state index contributed by atoms with van der Waals surface area (Å²) in [5.74, 6) is 0.953. The van der Waals surface area contributed by atoms with Crippen molar-refractivity contribution in [1.29, 1.82) is 0 Å². The molecule has 0 spiro atoms. The molecular weight excluding hydrogens is 222 g/mol. The molecule has 1 amide bonds. The summed E-state index contributed by atoms with van der Waals surface area (Å²) in [5.41, 5.74) is 0.0834. The highest BCUT2D eigenvalue weighted by Gasteiger charge is 2.30. The van der Waals surface area contributed by atoms with E-state index < -0.39 is 0 Å². The lowest BCUT2D eigenvalue weighted by molar-refractivity contribution is -0.137. The van der Waals surface area contributed by atoms with Gasteiger partial charge >= 0.3 is 0 Å². The molecular formula is C13H24ClNO. The zero-order chi connectivity index (χ0) is 12.2. The fourth-order valence-electron chi connectivity index (χ4n) is 1.99. The van der Waals surface area contributed by atoms with Gasteiger partial charge in [0.1, 0.15) is 0 Å². The van der Waals surface area contributed by atoms with E-state index in [0.717, 1.165) is 13.0 Å². The van der Waals surface area contributed by atoms with Gasteiger partial charge in [0.15, 0.2) is 0 Å². The summed E-state index contributed by atoms with van der Waals surface area (Å²) in [6.45, 7) is 7.19. The van der Waals surface area contributed by atoms with Gasteiger partial charge in [-0.3, -0.25) is 4.79 Å². The van der Waals surface area contributed by atoms with Gasteiger partial charge in [-0.1, -0.05) is 20.8 Å². The van der Waals surface area contributed by atoms with Crippen LogP contribution in [0.5, 0.6) is 0 Å². The number of rotatable bonds is 5. The van der Waals surface area contributed by atoms with Gasteiger partial charge in [0.2, 0.25) is 5.91 Å². The van der Waals surface area contributed by atoms with Crippen molar-refractivity contribution in [3.63, 3.8) is 0 Å². The van der Waals surface area contributed by atoms with Crippen LogP contribution in [0.2, 0.25) is 0 Å². The number of nitrogens with zero attached hydrogens (tertiary/aromatic N) is 1. The van der Waals surface area contributed by atoms with E-state index in [1.54, 1.807) is 0 Å². The molecule has 0 unspecified atom stereocenters. The molecule has 0 N–H and O–H groups in total. The first-order valence-electron chi connectivity index (χ1n) is 6.29. The molecule has 0 heterocycles. The Morgan fingerprint density at radius 3 is 2.38 bits per heavy atom. The summed E-state index contributed by atoms with van der Waals surface area (Å²) in [6, 6.07) is 0.498. The highest BCUT2D eigenvalue weighted by Crippen LogP contribution is 2.28. The van der Waals surface area contributed by atoms with E-state index in [1.807, 2.05) is 0 Å². The van der Waals surface area contributed by atoms with E-state index in [-0.39, 0.29) is 5.41 Å². The molecule has 16 heavy (non-hydrogen) atoms. The van der Waals surface area contributed by atoms with Crippen LogP contribution >= 0.6 is 11.6 Å². The summed E-state index contributed by atoms with van der Waals surface area (Å²) >= 11 is 5.71. The molecule has 2 nitrogen and oxygen atoms in total. The molecule has 1 saturated carbocycles. The SMILES string of the molecule is CC(C)(C)CC(=O)N(CCCCl)C1CCC1. The summed E-state index contributed by atoms with van der Waals surface area (Å²) in [4.78, 5) is 14.2. The average Bonchev–Trinajstić information content (AvgIpc) is 2.05. The van der Waals surface area contributed by atoms with Crippen molar-refractivity contribution >= 4 is 17.5 Å². The lowest BCUT2D eigenvalue weighted by atomic mass is 9.88. The lowest BCUT2D eigenvalue weighted by Gasteiger charge is -2.39. The maximum atomic E-state index is 12.2. The van der Waals surface area contributed by atoms with Crippen molar-refractivity contribution in [3.05, 3.63) is 0 Å². The van der Waals surface area contributed by atoms with Crippen LogP contribution in [0.1, 0.15) is 52.9 Å². The molecule has 0 aromatic carbocycles. The molecule has 0 aromatic heterocycles. The average molecular weight is 246 g/mol. The van der Waals surface area contributed by atoms with E-state index in [0.29, 0.717) is 24.2 Å². The van der Waals surface area contributed by atoms with Crippen LogP contribution in [0.15, 0.2) is 0 Å². The molecule has 0 saturated heterocycles. The fraction of sp³-hybridized carbons (Fsp3) is 0.923. The molecule has 3 heteroatoms. The van der Waals surface area contributed by atoms with E-state index >= 15 is 0 Å². The Balaban J connectivity index is 2.50. The van der Waals surface area contributed by atoms with E-state index in [4.69, 9.17) is 11.6 Å². The summed E-state index contributed by atoms with van der Waals surface area (Å²) in [6.07, 6.45) is 5.18. The van der Waals surface area contributed by atoms with Crippen molar-refractivity contribution in [2.45, 2.75) is 58.9 Å². The van der Waals surface area contributed by atoms with Crippen molar-refractivity contribution in [1.82, 2.24) is 4.90 Å². The zero-order valence-electron chi connectivity index (χ0n) is 10.8. The minimum Gasteiger partial charge on any atom is -0.340 e. The largest absolute Gasteiger partial charge is 0.340 e. The third-order valence-electron chi connectivity index (χ3n) is 3.05. The van der Waals surface area contributed by atoms with Gasteiger partial charge in [0.25, 0.3) is 0 Å². The molecule has 0 bridgehead atoms. The van der Waals surface area contributed by atoms with Crippen molar-refractivity contribution in [2.24, 2.45) is 5.41 Å². The van der Waals surface area contributed by atoms with Crippen LogP contribution < -0.4 is 0 Å². The third-order valence-corrected chi connectivity index (χ3v) is 3.32. The third kappa shape index (κ3) is 4.32. The smallest absolute Gasteiger partial charge is 0.223 e. The van der Waals surface area contributed by atoms with Gasteiger partial charge in [-0.15, -0.1) is 11.6 Å². The highest BCUT2D eigenvalue weighted by molar-refractivity contribution is 6.17. The van der Waals surface area contributed by atoms with Crippen LogP contribution in [-0.2, 0) is 4.79 Å². The Bertz CT molecular complexity index is 231. The number of hydrogen-bond donors (Lipinski definition) is 0. The standard InChI is InChI=1S/C13H24ClNO/c1-13(2,3)10-12(16)15(9-5-8-14)11-6-4-7-11/h11H,4-10H2,1-3H3. The van der Waals surface area contributed by atoms with Gasteiger partial charge in [-0.25, -0.2) is 0 Å². The molecule has 1 aliphatic rings. The topological polar surface area (TPSA) is 20.3 Å². The second-order valence-corrected chi connectivity index (χ2v) is 6.33. The number of hydrogen-bond acceptors (Lipinski definition) is 1. The molecule has 0 aliphatic heterocycles. The summed E-state index contributed by atoms with van der Waals surface area (Å²) in [5, 5.41) is 0. The Morgan fingerprint density at radius 2 is 2.00 bits per heavy atom. The second kappa shape index (κ2) is 5.90. The quantitative estimate of drug-likeness (QED) is 0.680. The number of amides is 1. The molecule has 1 fully saturated rings. The lowest BCUT2D eigenvalue weighted by Crippen LogP contribution is -2.45. The van der Waals surface area contributed by atoms with E-state index in [9.17, 15) is 4.79 Å². The van der Waals surface area contributed by atoms with Crippen LogP contribution in [0, 0.1) is 5.41 Å². The minimum absolute atomic E-state index is 0.0834. The molecule has 1 aliphatic carbocycles. The first-order valence-corrected chi connectivity index (χ1v) is 6.83. The number of carbonyl (C=O) groups is 1. The molecule has 1 rings (SSSR count). The van der Waals surface area contributed by atoms with Crippen LogP contribution in [0.25, 0.3) is 0 Å². The maximum Gasteiger partial charge on any atom is 0.223 e. The number of alkyl halides is 1. The Labute approximate surface area is 104 Å². The number of carbonyl (C=O) groups excluding carboxylic acids is 1. The summed E-state index contributed by atoms with van der Waals surface area (Å²) < 4.78 is 0. The molecule has 0 atom stereocenters. The second-order valence-electron chi connectivity index (χ2n) is 5.95. The Kier molecular flexibility index (Phi) is 5.10. The van der Waals surface area contributed by atoms with Crippen LogP contribution in [0.4, 0.5) is 0 Å². The first-order chi connectivity index (χ1) is 7.44. The van der Waals surface area contributed by atoms with Crippen molar-refractivity contribution < 1.29 is 4.79 Å². The summed E-state index contributed by atoms with van der Waals surface area (Å²) in [7, 11) is 0. The van der Waals surface area contributed by atoms with Crippen LogP contribution in [0.3, 0.4) is 0 Å².